The Hall–Kier alpha value is -2.80. The van der Waals surface area contributed by atoms with Crippen LogP contribution in [0.15, 0.2) is 53.7 Å². The summed E-state index contributed by atoms with van der Waals surface area (Å²) in [5, 5.41) is 6.75. The summed E-state index contributed by atoms with van der Waals surface area (Å²) in [6.07, 6.45) is 2.77. The zero-order valence-electron chi connectivity index (χ0n) is 17.5. The van der Waals surface area contributed by atoms with Crippen molar-refractivity contribution in [1.82, 2.24) is 20.5 Å². The lowest BCUT2D eigenvalue weighted by Gasteiger charge is -2.34. The van der Waals surface area contributed by atoms with Gasteiger partial charge in [-0.25, -0.2) is 4.98 Å². The molecule has 0 unspecified atom stereocenters. The highest BCUT2D eigenvalue weighted by molar-refractivity contribution is 5.79. The largest absolute Gasteiger partial charge is 0.494 e. The van der Waals surface area contributed by atoms with Crippen LogP contribution in [0.2, 0.25) is 0 Å². The van der Waals surface area contributed by atoms with Crippen molar-refractivity contribution in [3.05, 3.63) is 54.2 Å². The van der Waals surface area contributed by atoms with E-state index in [0.29, 0.717) is 13.2 Å². The summed E-state index contributed by atoms with van der Waals surface area (Å²) in [6.45, 7) is 6.31. The van der Waals surface area contributed by atoms with Gasteiger partial charge in [0.1, 0.15) is 11.6 Å². The Morgan fingerprint density at radius 2 is 1.86 bits per heavy atom. The first-order valence-electron chi connectivity index (χ1n) is 10.3. The Balaban J connectivity index is 1.42. The van der Waals surface area contributed by atoms with Crippen LogP contribution < -0.4 is 20.3 Å². The van der Waals surface area contributed by atoms with E-state index in [9.17, 15) is 0 Å². The van der Waals surface area contributed by atoms with Crippen LogP contribution in [-0.2, 0) is 6.54 Å². The molecule has 1 saturated heterocycles. The van der Waals surface area contributed by atoms with Crippen molar-refractivity contribution in [1.29, 1.82) is 0 Å². The molecule has 1 aliphatic heterocycles. The maximum absolute atomic E-state index is 5.72. The van der Waals surface area contributed by atoms with E-state index in [1.807, 2.05) is 42.6 Å². The van der Waals surface area contributed by atoms with Gasteiger partial charge in [-0.2, -0.15) is 0 Å². The molecule has 3 rings (SSSR count). The van der Waals surface area contributed by atoms with E-state index < -0.39 is 0 Å². The fraction of sp³-hybridized carbons (Fsp3) is 0.455. The minimum absolute atomic E-state index is 0.671. The monoisotopic (exact) mass is 396 g/mol. The average molecular weight is 397 g/mol. The van der Waals surface area contributed by atoms with Crippen LogP contribution in [-0.4, -0.2) is 69.3 Å². The number of aliphatic imine (C=N–C) groups is 1. The predicted octanol–water partition coefficient (Wildman–Crippen LogP) is 1.97. The van der Waals surface area contributed by atoms with E-state index in [4.69, 9.17) is 4.74 Å². The molecule has 1 aliphatic rings. The number of nitrogens with one attached hydrogen (secondary N) is 2. The van der Waals surface area contributed by atoms with Crippen LogP contribution in [0.5, 0.6) is 5.75 Å². The van der Waals surface area contributed by atoms with Crippen LogP contribution >= 0.6 is 0 Å². The molecule has 2 heterocycles. The van der Waals surface area contributed by atoms with E-state index in [0.717, 1.165) is 56.7 Å². The third kappa shape index (κ3) is 6.64. The van der Waals surface area contributed by atoms with Crippen molar-refractivity contribution < 1.29 is 4.74 Å². The highest BCUT2D eigenvalue weighted by atomic mass is 16.5. The third-order valence-electron chi connectivity index (χ3n) is 4.97. The smallest absolute Gasteiger partial charge is 0.191 e. The van der Waals surface area contributed by atoms with Gasteiger partial charge >= 0.3 is 0 Å². The summed E-state index contributed by atoms with van der Waals surface area (Å²) >= 11 is 0. The molecule has 2 aromatic rings. The van der Waals surface area contributed by atoms with Crippen LogP contribution in [0.3, 0.4) is 0 Å². The number of guanidine groups is 1. The predicted molar refractivity (Wildman–Crippen MR) is 119 cm³/mol. The highest BCUT2D eigenvalue weighted by Crippen LogP contribution is 2.18. The van der Waals surface area contributed by atoms with E-state index in [-0.39, 0.29) is 0 Å². The van der Waals surface area contributed by atoms with Crippen LogP contribution in [0.1, 0.15) is 12.0 Å². The molecule has 0 aliphatic carbocycles. The van der Waals surface area contributed by atoms with E-state index in [1.165, 1.54) is 5.56 Å². The lowest BCUT2D eigenvalue weighted by molar-refractivity contribution is 0.311. The normalized spacial score (nSPS) is 15.2. The molecule has 7 heteroatoms. The van der Waals surface area contributed by atoms with Gasteiger partial charge < -0.3 is 25.2 Å². The number of aromatic nitrogens is 1. The number of nitrogens with zero attached hydrogens (tertiary/aromatic N) is 4. The van der Waals surface area contributed by atoms with Gasteiger partial charge in [0.2, 0.25) is 0 Å². The number of pyridine rings is 1. The Morgan fingerprint density at radius 3 is 2.62 bits per heavy atom. The van der Waals surface area contributed by atoms with Gasteiger partial charge in [-0.15, -0.1) is 0 Å². The molecule has 1 fully saturated rings. The molecule has 0 amide bonds. The molecule has 0 bridgehead atoms. The summed E-state index contributed by atoms with van der Waals surface area (Å²) in [6, 6.07) is 14.0. The topological polar surface area (TPSA) is 65.0 Å². The number of anilines is 1. The maximum atomic E-state index is 5.72. The first-order chi connectivity index (χ1) is 14.3. The number of hydrogen-bond acceptors (Lipinski definition) is 5. The molecule has 7 nitrogen and oxygen atoms in total. The molecule has 2 N–H and O–H groups in total. The van der Waals surface area contributed by atoms with Gasteiger partial charge in [0.15, 0.2) is 5.96 Å². The number of hydrogen-bond donors (Lipinski definition) is 2. The Morgan fingerprint density at radius 1 is 1.07 bits per heavy atom. The second kappa shape index (κ2) is 11.3. The highest BCUT2D eigenvalue weighted by Gasteiger charge is 2.17. The number of benzene rings is 1. The molecular formula is C22H32N6O. The number of ether oxygens (including phenoxy) is 1. The molecule has 29 heavy (non-hydrogen) atoms. The quantitative estimate of drug-likeness (QED) is 0.404. The minimum atomic E-state index is 0.671. The van der Waals surface area contributed by atoms with Crippen LogP contribution in [0.4, 0.5) is 5.82 Å². The van der Waals surface area contributed by atoms with E-state index in [2.05, 4.69) is 43.5 Å². The summed E-state index contributed by atoms with van der Waals surface area (Å²) in [7, 11) is 3.96. The minimum Gasteiger partial charge on any atom is -0.494 e. The van der Waals surface area contributed by atoms with Crippen molar-refractivity contribution in [2.45, 2.75) is 13.0 Å². The molecule has 0 radical (unpaired) electrons. The zero-order chi connectivity index (χ0) is 20.3. The van der Waals surface area contributed by atoms with Gasteiger partial charge in [0, 0.05) is 58.1 Å². The maximum Gasteiger partial charge on any atom is 0.191 e. The molecule has 0 atom stereocenters. The van der Waals surface area contributed by atoms with Gasteiger partial charge in [-0.05, 0) is 31.7 Å². The van der Waals surface area contributed by atoms with E-state index >= 15 is 0 Å². The van der Waals surface area contributed by atoms with Crippen LogP contribution in [0, 0.1) is 0 Å². The third-order valence-corrected chi connectivity index (χ3v) is 4.97. The van der Waals surface area contributed by atoms with Crippen molar-refractivity contribution in [2.75, 3.05) is 58.3 Å². The summed E-state index contributed by atoms with van der Waals surface area (Å²) in [5.41, 5.74) is 1.19. The molecule has 0 saturated carbocycles. The molecule has 1 aromatic carbocycles. The van der Waals surface area contributed by atoms with Gasteiger partial charge in [-0.3, -0.25) is 4.99 Å². The fourth-order valence-electron chi connectivity index (χ4n) is 3.26. The second-order valence-electron chi connectivity index (χ2n) is 7.14. The van der Waals surface area contributed by atoms with Crippen molar-refractivity contribution >= 4 is 11.8 Å². The molecule has 156 valence electrons. The Labute approximate surface area is 173 Å². The lowest BCUT2D eigenvalue weighted by atomic mass is 10.2. The number of piperazine rings is 1. The van der Waals surface area contributed by atoms with Gasteiger partial charge in [0.05, 0.1) is 6.61 Å². The summed E-state index contributed by atoms with van der Waals surface area (Å²) in [5.74, 6) is 2.76. The first kappa shape index (κ1) is 20.9. The van der Waals surface area contributed by atoms with Gasteiger partial charge in [-0.1, -0.05) is 24.3 Å². The summed E-state index contributed by atoms with van der Waals surface area (Å²) < 4.78 is 5.72. The van der Waals surface area contributed by atoms with Crippen molar-refractivity contribution in [3.8, 4) is 5.75 Å². The number of likely N-dealkylation sites (N-methyl/N-ethyl adjacent to an activating group) is 1. The first-order valence-corrected chi connectivity index (χ1v) is 10.3. The number of rotatable bonds is 8. The SMILES string of the molecule is CN=C(NCCCOc1ccccc1)NCc1cccnc1N1CCN(C)CC1. The van der Waals surface area contributed by atoms with Gasteiger partial charge in [0.25, 0.3) is 0 Å². The molecule has 1 aromatic heterocycles. The lowest BCUT2D eigenvalue weighted by Crippen LogP contribution is -2.45. The van der Waals surface area contributed by atoms with Crippen LogP contribution in [0.25, 0.3) is 0 Å². The fourth-order valence-corrected chi connectivity index (χ4v) is 3.26. The average Bonchev–Trinajstić information content (AvgIpc) is 2.77. The number of para-hydroxylation sites is 1. The standard InChI is InChI=1S/C22H32N6O/c1-23-22(25-12-7-17-29-20-9-4-3-5-10-20)26-18-19-8-6-11-24-21(19)28-15-13-27(2)14-16-28/h3-6,8-11H,7,12-18H2,1-2H3,(H2,23,25,26). The molecule has 0 spiro atoms. The van der Waals surface area contributed by atoms with Crippen molar-refractivity contribution in [2.24, 2.45) is 4.99 Å². The van der Waals surface area contributed by atoms with Crippen molar-refractivity contribution in [3.63, 3.8) is 0 Å². The van der Waals surface area contributed by atoms with E-state index in [1.54, 1.807) is 7.05 Å². The Kier molecular flexibility index (Phi) is 8.12. The molecular weight excluding hydrogens is 364 g/mol. The summed E-state index contributed by atoms with van der Waals surface area (Å²) in [4.78, 5) is 13.7. The Bertz CT molecular complexity index is 759. The zero-order valence-corrected chi connectivity index (χ0v) is 17.5. The second-order valence-corrected chi connectivity index (χ2v) is 7.14.